The molecule has 0 amide bonds. The molecule has 5 nitrogen and oxygen atoms in total. The summed E-state index contributed by atoms with van der Waals surface area (Å²) in [4.78, 5) is 5.51. The van der Waals surface area contributed by atoms with Crippen molar-refractivity contribution < 1.29 is 17.9 Å². The Kier molecular flexibility index (Phi) is 4.51. The standard InChI is InChI=1S/C11H19F3N4O/c1-8-6-15-10(17-8)16-7-9(11(12,13)14)18-2-4-19-5-3-18/h8-9H,2-7H2,1H3,(H2,15,16,17). The maximum Gasteiger partial charge on any atom is 0.405 e. The van der Waals surface area contributed by atoms with E-state index in [0.29, 0.717) is 38.8 Å². The molecule has 2 N–H and O–H groups in total. The molecule has 0 bridgehead atoms. The van der Waals surface area contributed by atoms with E-state index in [4.69, 9.17) is 4.74 Å². The molecule has 110 valence electrons. The van der Waals surface area contributed by atoms with Gasteiger partial charge in [0.25, 0.3) is 0 Å². The first kappa shape index (κ1) is 14.4. The molecule has 0 aromatic carbocycles. The van der Waals surface area contributed by atoms with Crippen LogP contribution in [0.3, 0.4) is 0 Å². The van der Waals surface area contributed by atoms with Gasteiger partial charge in [0.05, 0.1) is 19.8 Å². The molecule has 2 aliphatic heterocycles. The number of hydrogen-bond acceptors (Lipinski definition) is 5. The van der Waals surface area contributed by atoms with Crippen LogP contribution in [0.25, 0.3) is 0 Å². The van der Waals surface area contributed by atoms with Crippen molar-refractivity contribution in [1.29, 1.82) is 0 Å². The van der Waals surface area contributed by atoms with Gasteiger partial charge in [-0.3, -0.25) is 9.89 Å². The van der Waals surface area contributed by atoms with E-state index < -0.39 is 12.2 Å². The molecule has 0 aromatic heterocycles. The summed E-state index contributed by atoms with van der Waals surface area (Å²) in [5.74, 6) is 0.454. The summed E-state index contributed by atoms with van der Waals surface area (Å²) < 4.78 is 44.3. The third-order valence-corrected chi connectivity index (χ3v) is 3.23. The molecule has 0 radical (unpaired) electrons. The van der Waals surface area contributed by atoms with Crippen LogP contribution in [0.15, 0.2) is 4.99 Å². The van der Waals surface area contributed by atoms with E-state index in [1.165, 1.54) is 4.90 Å². The van der Waals surface area contributed by atoms with Gasteiger partial charge in [0.2, 0.25) is 0 Å². The van der Waals surface area contributed by atoms with Crippen molar-refractivity contribution in [2.45, 2.75) is 25.2 Å². The molecular formula is C11H19F3N4O. The fourth-order valence-electron chi connectivity index (χ4n) is 2.19. The summed E-state index contributed by atoms with van der Waals surface area (Å²) in [6, 6.07) is -1.33. The zero-order valence-electron chi connectivity index (χ0n) is 10.8. The SMILES string of the molecule is CC1CN=C(NCC(N2CCOCC2)C(F)(F)F)N1. The maximum absolute atomic E-state index is 13.1. The van der Waals surface area contributed by atoms with Crippen LogP contribution < -0.4 is 10.6 Å². The first-order chi connectivity index (χ1) is 8.97. The highest BCUT2D eigenvalue weighted by Crippen LogP contribution is 2.25. The van der Waals surface area contributed by atoms with Crippen LogP contribution in [0.5, 0.6) is 0 Å². The highest BCUT2D eigenvalue weighted by Gasteiger charge is 2.43. The number of nitrogens with one attached hydrogen (secondary N) is 2. The highest BCUT2D eigenvalue weighted by atomic mass is 19.4. The fourth-order valence-corrected chi connectivity index (χ4v) is 2.19. The molecule has 1 fully saturated rings. The average Bonchev–Trinajstić information content (AvgIpc) is 2.75. The van der Waals surface area contributed by atoms with Crippen molar-refractivity contribution in [2.24, 2.45) is 4.99 Å². The van der Waals surface area contributed by atoms with Gasteiger partial charge in [-0.25, -0.2) is 0 Å². The van der Waals surface area contributed by atoms with Gasteiger partial charge in [-0.1, -0.05) is 0 Å². The van der Waals surface area contributed by atoms with Gasteiger partial charge in [0.15, 0.2) is 5.96 Å². The summed E-state index contributed by atoms with van der Waals surface area (Å²) >= 11 is 0. The fraction of sp³-hybridized carbons (Fsp3) is 0.909. The van der Waals surface area contributed by atoms with E-state index in [1.807, 2.05) is 6.92 Å². The van der Waals surface area contributed by atoms with Gasteiger partial charge in [-0.2, -0.15) is 13.2 Å². The first-order valence-electron chi connectivity index (χ1n) is 6.40. The molecule has 0 aromatic rings. The molecule has 8 heteroatoms. The minimum atomic E-state index is -4.25. The normalized spacial score (nSPS) is 26.7. The zero-order chi connectivity index (χ0) is 13.9. The zero-order valence-corrected chi connectivity index (χ0v) is 10.8. The Morgan fingerprint density at radius 3 is 2.68 bits per heavy atom. The number of hydrogen-bond donors (Lipinski definition) is 2. The van der Waals surface area contributed by atoms with Crippen molar-refractivity contribution in [3.05, 3.63) is 0 Å². The first-order valence-corrected chi connectivity index (χ1v) is 6.40. The molecule has 2 rings (SSSR count). The number of halogens is 3. The molecule has 2 unspecified atom stereocenters. The topological polar surface area (TPSA) is 48.9 Å². The monoisotopic (exact) mass is 280 g/mol. The minimum Gasteiger partial charge on any atom is -0.379 e. The predicted molar refractivity (Wildman–Crippen MR) is 65.1 cm³/mol. The molecule has 19 heavy (non-hydrogen) atoms. The van der Waals surface area contributed by atoms with E-state index in [1.54, 1.807) is 0 Å². The van der Waals surface area contributed by atoms with Crippen LogP contribution in [0, 0.1) is 0 Å². The Bertz CT molecular complexity index is 328. The van der Waals surface area contributed by atoms with Crippen molar-refractivity contribution >= 4 is 5.96 Å². The minimum absolute atomic E-state index is 0.176. The lowest BCUT2D eigenvalue weighted by atomic mass is 10.2. The number of nitrogens with zero attached hydrogens (tertiary/aromatic N) is 2. The Hall–Kier alpha value is -1.02. The number of rotatable bonds is 3. The van der Waals surface area contributed by atoms with Crippen molar-refractivity contribution in [3.8, 4) is 0 Å². The van der Waals surface area contributed by atoms with E-state index >= 15 is 0 Å². The lowest BCUT2D eigenvalue weighted by Crippen LogP contribution is -2.56. The van der Waals surface area contributed by atoms with Gasteiger partial charge in [0.1, 0.15) is 6.04 Å². The molecule has 1 saturated heterocycles. The number of guanidine groups is 1. The van der Waals surface area contributed by atoms with E-state index in [0.717, 1.165) is 0 Å². The second-order valence-electron chi connectivity index (χ2n) is 4.82. The van der Waals surface area contributed by atoms with Crippen LogP contribution in [-0.4, -0.2) is 68.5 Å². The molecule has 0 saturated carbocycles. The summed E-state index contributed by atoms with van der Waals surface area (Å²) in [7, 11) is 0. The molecule has 0 aliphatic carbocycles. The van der Waals surface area contributed by atoms with Gasteiger partial charge in [0, 0.05) is 25.7 Å². The number of morpholine rings is 1. The van der Waals surface area contributed by atoms with Crippen molar-refractivity contribution in [1.82, 2.24) is 15.5 Å². The lowest BCUT2D eigenvalue weighted by molar-refractivity contribution is -0.189. The van der Waals surface area contributed by atoms with Crippen LogP contribution in [0.2, 0.25) is 0 Å². The molecule has 2 atom stereocenters. The third kappa shape index (κ3) is 3.97. The predicted octanol–water partition coefficient (Wildman–Crippen LogP) is 0.187. The third-order valence-electron chi connectivity index (χ3n) is 3.23. The van der Waals surface area contributed by atoms with Crippen molar-refractivity contribution in [2.75, 3.05) is 39.4 Å². The van der Waals surface area contributed by atoms with E-state index in [2.05, 4.69) is 15.6 Å². The molecular weight excluding hydrogens is 261 g/mol. The summed E-state index contributed by atoms with van der Waals surface area (Å²) in [6.45, 7) is 3.65. The molecule has 0 spiro atoms. The largest absolute Gasteiger partial charge is 0.405 e. The second kappa shape index (κ2) is 5.96. The van der Waals surface area contributed by atoms with Crippen LogP contribution in [-0.2, 0) is 4.74 Å². The van der Waals surface area contributed by atoms with E-state index in [-0.39, 0.29) is 12.6 Å². The Morgan fingerprint density at radius 2 is 2.16 bits per heavy atom. The van der Waals surface area contributed by atoms with Crippen LogP contribution in [0.1, 0.15) is 6.92 Å². The summed E-state index contributed by atoms with van der Waals surface area (Å²) in [5.41, 5.74) is 0. The van der Waals surface area contributed by atoms with E-state index in [9.17, 15) is 13.2 Å². The van der Waals surface area contributed by atoms with Crippen LogP contribution in [0.4, 0.5) is 13.2 Å². The molecule has 2 aliphatic rings. The van der Waals surface area contributed by atoms with Crippen LogP contribution >= 0.6 is 0 Å². The Labute approximate surface area is 110 Å². The molecule has 2 heterocycles. The number of aliphatic imine (C=N–C) groups is 1. The van der Waals surface area contributed by atoms with Gasteiger partial charge in [-0.15, -0.1) is 0 Å². The Balaban J connectivity index is 1.90. The smallest absolute Gasteiger partial charge is 0.379 e. The highest BCUT2D eigenvalue weighted by molar-refractivity contribution is 5.81. The number of alkyl halides is 3. The average molecular weight is 280 g/mol. The van der Waals surface area contributed by atoms with Crippen molar-refractivity contribution in [3.63, 3.8) is 0 Å². The maximum atomic E-state index is 13.1. The van der Waals surface area contributed by atoms with Gasteiger partial charge < -0.3 is 15.4 Å². The van der Waals surface area contributed by atoms with Gasteiger partial charge in [-0.05, 0) is 6.92 Å². The lowest BCUT2D eigenvalue weighted by Gasteiger charge is -2.35. The quantitative estimate of drug-likeness (QED) is 0.775. The number of ether oxygens (including phenoxy) is 1. The summed E-state index contributed by atoms with van der Waals surface area (Å²) in [6.07, 6.45) is -4.25. The summed E-state index contributed by atoms with van der Waals surface area (Å²) in [5, 5.41) is 5.74. The Morgan fingerprint density at radius 1 is 1.47 bits per heavy atom. The van der Waals surface area contributed by atoms with Gasteiger partial charge >= 0.3 is 6.18 Å². The second-order valence-corrected chi connectivity index (χ2v) is 4.82.